The molecule has 162 valence electrons. The third kappa shape index (κ3) is 6.29. The van der Waals surface area contributed by atoms with Crippen molar-refractivity contribution in [1.82, 2.24) is 9.80 Å². The molecule has 1 aliphatic heterocycles. The molecule has 0 unspecified atom stereocenters. The summed E-state index contributed by atoms with van der Waals surface area (Å²) in [4.78, 5) is 4.44. The summed E-state index contributed by atoms with van der Waals surface area (Å²) in [6.45, 7) is 5.51. The van der Waals surface area contributed by atoms with Crippen molar-refractivity contribution in [2.45, 2.75) is 6.54 Å². The topological polar surface area (TPSA) is 46.2 Å². The van der Waals surface area contributed by atoms with E-state index in [9.17, 15) is 4.39 Å². The minimum absolute atomic E-state index is 0.303. The molecule has 0 radical (unpaired) electrons. The molecule has 0 spiro atoms. The standard InChI is InChI=1S/C22H28FN3O3S/c1-27-20-7-6-17(14-21(20)28-2)16-26(9-8-25-10-12-29-13-11-25)22(30)24-19-5-3-4-18(23)15-19/h3-7,14-15H,8-13,16H2,1-2H3,(H,24,30). The third-order valence-electron chi connectivity index (χ3n) is 4.97. The highest BCUT2D eigenvalue weighted by Crippen LogP contribution is 2.28. The van der Waals surface area contributed by atoms with Crippen molar-refractivity contribution in [3.8, 4) is 11.5 Å². The van der Waals surface area contributed by atoms with Crippen molar-refractivity contribution in [2.75, 3.05) is 58.9 Å². The predicted molar refractivity (Wildman–Crippen MR) is 120 cm³/mol. The number of ether oxygens (including phenoxy) is 3. The van der Waals surface area contributed by atoms with Crippen LogP contribution < -0.4 is 14.8 Å². The van der Waals surface area contributed by atoms with Gasteiger partial charge in [-0.2, -0.15) is 0 Å². The number of hydrogen-bond donors (Lipinski definition) is 1. The van der Waals surface area contributed by atoms with Gasteiger partial charge in [0.2, 0.25) is 0 Å². The van der Waals surface area contributed by atoms with Crippen LogP contribution in [0, 0.1) is 5.82 Å². The molecule has 0 aliphatic carbocycles. The van der Waals surface area contributed by atoms with Gasteiger partial charge in [-0.3, -0.25) is 4.90 Å². The van der Waals surface area contributed by atoms with Crippen molar-refractivity contribution < 1.29 is 18.6 Å². The third-order valence-corrected chi connectivity index (χ3v) is 5.33. The van der Waals surface area contributed by atoms with E-state index in [0.717, 1.165) is 45.0 Å². The summed E-state index contributed by atoms with van der Waals surface area (Å²) >= 11 is 5.67. The SMILES string of the molecule is COc1ccc(CN(CCN2CCOCC2)C(=S)Nc2cccc(F)c2)cc1OC. The lowest BCUT2D eigenvalue weighted by Gasteiger charge is -2.31. The molecule has 0 atom stereocenters. The number of methoxy groups -OCH3 is 2. The lowest BCUT2D eigenvalue weighted by molar-refractivity contribution is 0.0358. The second kappa shape index (κ2) is 11.1. The van der Waals surface area contributed by atoms with Crippen LogP contribution in [0.4, 0.5) is 10.1 Å². The van der Waals surface area contributed by atoms with E-state index in [0.29, 0.717) is 28.8 Å². The number of morpholine rings is 1. The summed E-state index contributed by atoms with van der Waals surface area (Å²) in [6, 6.07) is 12.1. The summed E-state index contributed by atoms with van der Waals surface area (Å²) in [5.41, 5.74) is 1.67. The van der Waals surface area contributed by atoms with E-state index < -0.39 is 0 Å². The van der Waals surface area contributed by atoms with Gasteiger partial charge in [-0.05, 0) is 48.1 Å². The average Bonchev–Trinajstić information content (AvgIpc) is 2.77. The Morgan fingerprint density at radius 1 is 1.13 bits per heavy atom. The zero-order valence-electron chi connectivity index (χ0n) is 17.4. The molecule has 1 fully saturated rings. The molecule has 0 aromatic heterocycles. The van der Waals surface area contributed by atoms with Crippen molar-refractivity contribution in [3.63, 3.8) is 0 Å². The number of anilines is 1. The zero-order chi connectivity index (χ0) is 21.3. The van der Waals surface area contributed by atoms with Gasteiger partial charge < -0.3 is 24.4 Å². The molecule has 6 nitrogen and oxygen atoms in total. The van der Waals surface area contributed by atoms with Gasteiger partial charge in [-0.15, -0.1) is 0 Å². The fraction of sp³-hybridized carbons (Fsp3) is 0.409. The lowest BCUT2D eigenvalue weighted by atomic mass is 10.2. The average molecular weight is 434 g/mol. The van der Waals surface area contributed by atoms with Crippen LogP contribution in [0.3, 0.4) is 0 Å². The maximum absolute atomic E-state index is 13.6. The monoisotopic (exact) mass is 433 g/mol. The van der Waals surface area contributed by atoms with Crippen LogP contribution in [0.2, 0.25) is 0 Å². The molecule has 8 heteroatoms. The molecule has 0 saturated carbocycles. The normalized spacial score (nSPS) is 14.2. The number of nitrogens with zero attached hydrogens (tertiary/aromatic N) is 2. The summed E-state index contributed by atoms with van der Waals surface area (Å²) in [6.07, 6.45) is 0. The molecule has 1 heterocycles. The van der Waals surface area contributed by atoms with Gasteiger partial charge in [0.05, 0.1) is 27.4 Å². The number of hydrogen-bond acceptors (Lipinski definition) is 5. The summed E-state index contributed by atoms with van der Waals surface area (Å²) in [5.74, 6) is 1.05. The first-order valence-electron chi connectivity index (χ1n) is 9.91. The van der Waals surface area contributed by atoms with Crippen LogP contribution in [0.15, 0.2) is 42.5 Å². The molecule has 0 bridgehead atoms. The molecule has 1 N–H and O–H groups in total. The zero-order valence-corrected chi connectivity index (χ0v) is 18.2. The molecular formula is C22H28FN3O3S. The van der Waals surface area contributed by atoms with Crippen LogP contribution in [0.1, 0.15) is 5.56 Å². The van der Waals surface area contributed by atoms with Gasteiger partial charge in [-0.1, -0.05) is 12.1 Å². The van der Waals surface area contributed by atoms with Gasteiger partial charge >= 0.3 is 0 Å². The van der Waals surface area contributed by atoms with E-state index in [4.69, 9.17) is 26.4 Å². The van der Waals surface area contributed by atoms with Crippen LogP contribution in [0.25, 0.3) is 0 Å². The Labute approximate surface area is 182 Å². The Bertz CT molecular complexity index is 846. The van der Waals surface area contributed by atoms with Gasteiger partial charge in [0.15, 0.2) is 16.6 Å². The molecular weight excluding hydrogens is 405 g/mol. The van der Waals surface area contributed by atoms with Crippen molar-refractivity contribution in [1.29, 1.82) is 0 Å². The molecule has 2 aromatic carbocycles. The fourth-order valence-corrected chi connectivity index (χ4v) is 3.58. The largest absolute Gasteiger partial charge is 0.493 e. The Morgan fingerprint density at radius 3 is 2.60 bits per heavy atom. The Kier molecular flexibility index (Phi) is 8.24. The number of benzene rings is 2. The van der Waals surface area contributed by atoms with E-state index >= 15 is 0 Å². The summed E-state index contributed by atoms with van der Waals surface area (Å²) in [5, 5.41) is 3.71. The quantitative estimate of drug-likeness (QED) is 0.641. The minimum atomic E-state index is -0.303. The van der Waals surface area contributed by atoms with E-state index in [1.165, 1.54) is 12.1 Å². The molecule has 3 rings (SSSR count). The van der Waals surface area contributed by atoms with Crippen LogP contribution in [-0.2, 0) is 11.3 Å². The van der Waals surface area contributed by atoms with Crippen molar-refractivity contribution in [2.24, 2.45) is 0 Å². The van der Waals surface area contributed by atoms with Gasteiger partial charge in [0.1, 0.15) is 5.82 Å². The van der Waals surface area contributed by atoms with Crippen molar-refractivity contribution in [3.05, 3.63) is 53.8 Å². The first-order valence-corrected chi connectivity index (χ1v) is 10.3. The maximum Gasteiger partial charge on any atom is 0.173 e. The first kappa shape index (κ1) is 22.3. The lowest BCUT2D eigenvalue weighted by Crippen LogP contribution is -2.44. The fourth-order valence-electron chi connectivity index (χ4n) is 3.31. The van der Waals surface area contributed by atoms with Gasteiger partial charge in [-0.25, -0.2) is 4.39 Å². The maximum atomic E-state index is 13.6. The first-order chi connectivity index (χ1) is 14.6. The Hall–Kier alpha value is -2.42. The second-order valence-corrected chi connectivity index (χ2v) is 7.39. The summed E-state index contributed by atoms with van der Waals surface area (Å²) < 4.78 is 29.8. The molecule has 1 aliphatic rings. The predicted octanol–water partition coefficient (Wildman–Crippen LogP) is 3.37. The number of nitrogens with one attached hydrogen (secondary N) is 1. The highest BCUT2D eigenvalue weighted by atomic mass is 32.1. The highest BCUT2D eigenvalue weighted by Gasteiger charge is 2.16. The molecule has 2 aromatic rings. The smallest absolute Gasteiger partial charge is 0.173 e. The van der Waals surface area contributed by atoms with Crippen LogP contribution in [0.5, 0.6) is 11.5 Å². The Balaban J connectivity index is 1.73. The number of rotatable bonds is 8. The van der Waals surface area contributed by atoms with E-state index in [-0.39, 0.29) is 5.82 Å². The Morgan fingerprint density at radius 2 is 1.90 bits per heavy atom. The van der Waals surface area contributed by atoms with Crippen molar-refractivity contribution >= 4 is 23.0 Å². The van der Waals surface area contributed by atoms with E-state index in [2.05, 4.69) is 15.1 Å². The summed E-state index contributed by atoms with van der Waals surface area (Å²) in [7, 11) is 3.23. The molecule has 0 amide bonds. The van der Waals surface area contributed by atoms with Gasteiger partial charge in [0.25, 0.3) is 0 Å². The highest BCUT2D eigenvalue weighted by molar-refractivity contribution is 7.80. The second-order valence-electron chi connectivity index (χ2n) is 7.01. The molecule has 1 saturated heterocycles. The van der Waals surface area contributed by atoms with E-state index in [1.807, 2.05) is 18.2 Å². The molecule has 30 heavy (non-hydrogen) atoms. The minimum Gasteiger partial charge on any atom is -0.493 e. The van der Waals surface area contributed by atoms with Gasteiger partial charge in [0, 0.05) is 38.4 Å². The number of thiocarbonyl (C=S) groups is 1. The van der Waals surface area contributed by atoms with E-state index in [1.54, 1.807) is 26.4 Å². The number of halogens is 1. The van der Waals surface area contributed by atoms with Crippen LogP contribution in [-0.4, -0.2) is 68.5 Å². The van der Waals surface area contributed by atoms with Crippen LogP contribution >= 0.6 is 12.2 Å².